The van der Waals surface area contributed by atoms with Gasteiger partial charge in [0.15, 0.2) is 0 Å². The Balaban J connectivity index is 4.17. The van der Waals surface area contributed by atoms with Crippen LogP contribution in [-0.2, 0) is 19.1 Å². The summed E-state index contributed by atoms with van der Waals surface area (Å²) in [7, 11) is 0. The minimum atomic E-state index is -0.180. The highest BCUT2D eigenvalue weighted by molar-refractivity contribution is 5.73. The van der Waals surface area contributed by atoms with Crippen molar-refractivity contribution in [1.29, 1.82) is 0 Å². The van der Waals surface area contributed by atoms with Crippen LogP contribution in [0.4, 0.5) is 0 Å². The van der Waals surface area contributed by atoms with Gasteiger partial charge in [0.2, 0.25) is 0 Å². The molecule has 4 nitrogen and oxygen atoms in total. The van der Waals surface area contributed by atoms with Gasteiger partial charge >= 0.3 is 11.9 Å². The molecule has 0 aromatic carbocycles. The molecule has 0 aliphatic heterocycles. The zero-order valence-electron chi connectivity index (χ0n) is 17.0. The molecule has 0 aliphatic rings. The van der Waals surface area contributed by atoms with Crippen molar-refractivity contribution in [1.82, 2.24) is 0 Å². The fourth-order valence-electron chi connectivity index (χ4n) is 2.69. The molecule has 0 amide bonds. The number of esters is 2. The lowest BCUT2D eigenvalue weighted by Crippen LogP contribution is -2.18. The van der Waals surface area contributed by atoms with Gasteiger partial charge in [-0.3, -0.25) is 9.59 Å². The van der Waals surface area contributed by atoms with E-state index < -0.39 is 0 Å². The quantitative estimate of drug-likeness (QED) is 0.264. The molecule has 0 aliphatic carbocycles. The molecule has 0 N–H and O–H groups in total. The highest BCUT2D eigenvalue weighted by atomic mass is 16.5. The zero-order valence-corrected chi connectivity index (χ0v) is 17.0. The van der Waals surface area contributed by atoms with Crippen LogP contribution in [0, 0.1) is 11.8 Å². The first-order chi connectivity index (χ1) is 12.0. The van der Waals surface area contributed by atoms with Crippen molar-refractivity contribution < 1.29 is 19.1 Å². The number of hydrogen-bond donors (Lipinski definition) is 0. The summed E-state index contributed by atoms with van der Waals surface area (Å²) in [6.45, 7) is 9.59. The van der Waals surface area contributed by atoms with E-state index in [1.54, 1.807) is 0 Å². The van der Waals surface area contributed by atoms with Gasteiger partial charge in [-0.25, -0.2) is 0 Å². The van der Waals surface area contributed by atoms with E-state index >= 15 is 0 Å². The lowest BCUT2D eigenvalue weighted by molar-refractivity contribution is -0.147. The third-order valence-electron chi connectivity index (χ3n) is 4.33. The third kappa shape index (κ3) is 16.2. The molecule has 148 valence electrons. The lowest BCUT2D eigenvalue weighted by atomic mass is 9.92. The summed E-state index contributed by atoms with van der Waals surface area (Å²) >= 11 is 0. The van der Waals surface area contributed by atoms with Crippen molar-refractivity contribution in [3.63, 3.8) is 0 Å². The SMILES string of the molecule is CCCCCCOC(=O)CC(CCC(C)C)CC(=O)OCCCCC. The molecule has 0 fully saturated rings. The number of carbonyl (C=O) groups excluding carboxylic acids is 2. The van der Waals surface area contributed by atoms with Crippen LogP contribution in [0.3, 0.4) is 0 Å². The van der Waals surface area contributed by atoms with E-state index in [2.05, 4.69) is 27.7 Å². The molecule has 25 heavy (non-hydrogen) atoms. The predicted octanol–water partition coefficient (Wildman–Crippen LogP) is 5.68. The summed E-state index contributed by atoms with van der Waals surface area (Å²) in [5, 5.41) is 0. The summed E-state index contributed by atoms with van der Waals surface area (Å²) in [5.74, 6) is 0.238. The Hall–Kier alpha value is -1.06. The Labute approximate surface area is 155 Å². The summed E-state index contributed by atoms with van der Waals surface area (Å²) in [5.41, 5.74) is 0. The summed E-state index contributed by atoms with van der Waals surface area (Å²) in [6, 6.07) is 0. The fourth-order valence-corrected chi connectivity index (χ4v) is 2.69. The second kappa shape index (κ2) is 16.4. The first-order valence-electron chi connectivity index (χ1n) is 10.3. The largest absolute Gasteiger partial charge is 0.466 e. The molecular formula is C21H40O4. The standard InChI is InChI=1S/C21H40O4/c1-5-7-9-11-15-25-21(23)17-19(13-12-18(3)4)16-20(22)24-14-10-8-6-2/h18-19H,5-17H2,1-4H3. The second-order valence-corrected chi connectivity index (χ2v) is 7.45. The molecule has 0 aromatic heterocycles. The minimum absolute atomic E-state index is 0.0317. The van der Waals surface area contributed by atoms with Crippen molar-refractivity contribution in [2.45, 2.75) is 98.3 Å². The van der Waals surface area contributed by atoms with E-state index in [9.17, 15) is 9.59 Å². The van der Waals surface area contributed by atoms with Crippen LogP contribution in [0.15, 0.2) is 0 Å². The Morgan fingerprint density at radius 1 is 0.720 bits per heavy atom. The topological polar surface area (TPSA) is 52.6 Å². The molecule has 0 saturated carbocycles. The number of unbranched alkanes of at least 4 members (excludes halogenated alkanes) is 5. The predicted molar refractivity (Wildman–Crippen MR) is 102 cm³/mol. The number of hydrogen-bond acceptors (Lipinski definition) is 4. The maximum atomic E-state index is 12.0. The van der Waals surface area contributed by atoms with Crippen molar-refractivity contribution in [3.05, 3.63) is 0 Å². The molecule has 0 aromatic rings. The summed E-state index contributed by atoms with van der Waals surface area (Å²) in [4.78, 5) is 24.0. The van der Waals surface area contributed by atoms with E-state index in [1.807, 2.05) is 0 Å². The molecule has 0 radical (unpaired) electrons. The normalized spacial score (nSPS) is 12.2. The second-order valence-electron chi connectivity index (χ2n) is 7.45. The van der Waals surface area contributed by atoms with E-state index in [-0.39, 0.29) is 17.9 Å². The average molecular weight is 357 g/mol. The third-order valence-corrected chi connectivity index (χ3v) is 4.33. The van der Waals surface area contributed by atoms with E-state index in [0.717, 1.165) is 44.9 Å². The van der Waals surface area contributed by atoms with Gasteiger partial charge in [0, 0.05) is 12.8 Å². The molecule has 0 bridgehead atoms. The molecule has 0 spiro atoms. The fraction of sp³-hybridized carbons (Fsp3) is 0.905. The van der Waals surface area contributed by atoms with Crippen LogP contribution in [0.25, 0.3) is 0 Å². The molecule has 0 rings (SSSR count). The molecule has 1 unspecified atom stereocenters. The van der Waals surface area contributed by atoms with Crippen LogP contribution in [0.1, 0.15) is 98.3 Å². The maximum absolute atomic E-state index is 12.0. The van der Waals surface area contributed by atoms with Gasteiger partial charge in [0.25, 0.3) is 0 Å². The molecule has 1 atom stereocenters. The van der Waals surface area contributed by atoms with Gasteiger partial charge in [-0.15, -0.1) is 0 Å². The molecule has 0 heterocycles. The Morgan fingerprint density at radius 3 is 1.68 bits per heavy atom. The van der Waals surface area contributed by atoms with Gasteiger partial charge in [-0.2, -0.15) is 0 Å². The highest BCUT2D eigenvalue weighted by Gasteiger charge is 2.20. The number of carbonyl (C=O) groups is 2. The van der Waals surface area contributed by atoms with Crippen molar-refractivity contribution >= 4 is 11.9 Å². The van der Waals surface area contributed by atoms with E-state index in [1.165, 1.54) is 12.8 Å². The Bertz CT molecular complexity index is 339. The molecule has 4 heteroatoms. The van der Waals surface area contributed by atoms with Gasteiger partial charge in [0.1, 0.15) is 0 Å². The minimum Gasteiger partial charge on any atom is -0.466 e. The average Bonchev–Trinajstić information content (AvgIpc) is 2.56. The van der Waals surface area contributed by atoms with Gasteiger partial charge in [-0.05, 0) is 31.1 Å². The summed E-state index contributed by atoms with van der Waals surface area (Å²) < 4.78 is 10.6. The number of rotatable bonds is 16. The smallest absolute Gasteiger partial charge is 0.306 e. The van der Waals surface area contributed by atoms with Gasteiger partial charge in [0.05, 0.1) is 13.2 Å². The van der Waals surface area contributed by atoms with Crippen LogP contribution >= 0.6 is 0 Å². The van der Waals surface area contributed by atoms with Crippen LogP contribution in [-0.4, -0.2) is 25.2 Å². The first kappa shape index (κ1) is 23.9. The van der Waals surface area contributed by atoms with Gasteiger partial charge in [-0.1, -0.05) is 66.2 Å². The summed E-state index contributed by atoms with van der Waals surface area (Å²) in [6.07, 6.45) is 10.0. The molecular weight excluding hydrogens is 316 g/mol. The van der Waals surface area contributed by atoms with Crippen LogP contribution in [0.2, 0.25) is 0 Å². The van der Waals surface area contributed by atoms with E-state index in [0.29, 0.717) is 32.0 Å². The maximum Gasteiger partial charge on any atom is 0.306 e. The van der Waals surface area contributed by atoms with Crippen molar-refractivity contribution in [2.75, 3.05) is 13.2 Å². The van der Waals surface area contributed by atoms with Crippen molar-refractivity contribution in [2.24, 2.45) is 11.8 Å². The Kier molecular flexibility index (Phi) is 15.7. The van der Waals surface area contributed by atoms with E-state index in [4.69, 9.17) is 9.47 Å². The van der Waals surface area contributed by atoms with Crippen LogP contribution < -0.4 is 0 Å². The lowest BCUT2D eigenvalue weighted by Gasteiger charge is -2.17. The van der Waals surface area contributed by atoms with Crippen LogP contribution in [0.5, 0.6) is 0 Å². The van der Waals surface area contributed by atoms with Gasteiger partial charge < -0.3 is 9.47 Å². The Morgan fingerprint density at radius 2 is 1.20 bits per heavy atom. The molecule has 0 saturated heterocycles. The monoisotopic (exact) mass is 356 g/mol. The zero-order chi connectivity index (χ0) is 18.9. The van der Waals surface area contributed by atoms with Crippen molar-refractivity contribution in [3.8, 4) is 0 Å². The highest BCUT2D eigenvalue weighted by Crippen LogP contribution is 2.20. The first-order valence-corrected chi connectivity index (χ1v) is 10.3. The number of ether oxygens (including phenoxy) is 2.